The van der Waals surface area contributed by atoms with Crippen molar-refractivity contribution < 1.29 is 9.59 Å². The fourth-order valence-electron chi connectivity index (χ4n) is 2.32. The quantitative estimate of drug-likeness (QED) is 0.729. The van der Waals surface area contributed by atoms with E-state index in [9.17, 15) is 9.59 Å². The second kappa shape index (κ2) is 3.45. The zero-order valence-corrected chi connectivity index (χ0v) is 9.46. The highest BCUT2D eigenvalue weighted by atomic mass is 16.2. The highest BCUT2D eigenvalue weighted by molar-refractivity contribution is 6.04. The Labute approximate surface area is 98.0 Å². The summed E-state index contributed by atoms with van der Waals surface area (Å²) < 4.78 is 0. The third-order valence-electron chi connectivity index (χ3n) is 3.20. The fraction of sp³-hybridized carbons (Fsp3) is 0.231. The van der Waals surface area contributed by atoms with Crippen LogP contribution in [0.5, 0.6) is 0 Å². The predicted octanol–water partition coefficient (Wildman–Crippen LogP) is 1.66. The molecule has 4 heteroatoms. The van der Waals surface area contributed by atoms with Crippen LogP contribution in [0.25, 0.3) is 10.9 Å². The summed E-state index contributed by atoms with van der Waals surface area (Å²) in [6.07, 6.45) is 0.834. The maximum atomic E-state index is 11.7. The van der Waals surface area contributed by atoms with Gasteiger partial charge in [0.1, 0.15) is 5.69 Å². The molecule has 0 fully saturated rings. The molecule has 2 heterocycles. The van der Waals surface area contributed by atoms with Gasteiger partial charge in [-0.3, -0.25) is 9.59 Å². The molecule has 0 bridgehead atoms. The number of amides is 1. The second-order valence-electron chi connectivity index (χ2n) is 4.30. The number of benzene rings is 1. The SMILES string of the molecule is CC(=O)c1ccc2c3c([nH]c2c1)C(=O)NCC3. The molecule has 86 valence electrons. The topological polar surface area (TPSA) is 62.0 Å². The third-order valence-corrected chi connectivity index (χ3v) is 3.20. The Hall–Kier alpha value is -2.10. The smallest absolute Gasteiger partial charge is 0.268 e. The highest BCUT2D eigenvalue weighted by Crippen LogP contribution is 2.25. The first-order valence-electron chi connectivity index (χ1n) is 5.60. The standard InChI is InChI=1S/C13H12N2O2/c1-7(16)8-2-3-9-10-4-5-14-13(17)12(10)15-11(9)6-8/h2-3,6,15H,4-5H2,1H3,(H,14,17). The molecule has 3 rings (SSSR count). The molecule has 0 spiro atoms. The molecule has 0 atom stereocenters. The summed E-state index contributed by atoms with van der Waals surface area (Å²) in [5.41, 5.74) is 3.21. The van der Waals surface area contributed by atoms with E-state index in [1.165, 1.54) is 6.92 Å². The Kier molecular flexibility index (Phi) is 2.04. The van der Waals surface area contributed by atoms with E-state index >= 15 is 0 Å². The first-order chi connectivity index (χ1) is 8.16. The largest absolute Gasteiger partial charge is 0.350 e. The fourth-order valence-corrected chi connectivity index (χ4v) is 2.32. The van der Waals surface area contributed by atoms with Crippen LogP contribution in [0, 0.1) is 0 Å². The van der Waals surface area contributed by atoms with Crippen LogP contribution < -0.4 is 5.32 Å². The molecule has 0 saturated heterocycles. The molecule has 17 heavy (non-hydrogen) atoms. The second-order valence-corrected chi connectivity index (χ2v) is 4.30. The van der Waals surface area contributed by atoms with E-state index < -0.39 is 0 Å². The summed E-state index contributed by atoms with van der Waals surface area (Å²) in [4.78, 5) is 26.1. The maximum absolute atomic E-state index is 11.7. The van der Waals surface area contributed by atoms with Crippen LogP contribution in [0.3, 0.4) is 0 Å². The zero-order chi connectivity index (χ0) is 12.0. The van der Waals surface area contributed by atoms with Crippen molar-refractivity contribution in [3.8, 4) is 0 Å². The van der Waals surface area contributed by atoms with Gasteiger partial charge in [-0.25, -0.2) is 0 Å². The summed E-state index contributed by atoms with van der Waals surface area (Å²) in [7, 11) is 0. The summed E-state index contributed by atoms with van der Waals surface area (Å²) >= 11 is 0. The number of rotatable bonds is 1. The molecule has 1 aromatic heterocycles. The number of H-pyrrole nitrogens is 1. The number of nitrogens with one attached hydrogen (secondary N) is 2. The molecule has 4 nitrogen and oxygen atoms in total. The molecular formula is C13H12N2O2. The van der Waals surface area contributed by atoms with Crippen LogP contribution in [0.1, 0.15) is 33.3 Å². The zero-order valence-electron chi connectivity index (χ0n) is 9.46. The van der Waals surface area contributed by atoms with E-state index in [-0.39, 0.29) is 11.7 Å². The summed E-state index contributed by atoms with van der Waals surface area (Å²) in [5, 5.41) is 3.84. The van der Waals surface area contributed by atoms with Crippen molar-refractivity contribution in [2.24, 2.45) is 0 Å². The summed E-state index contributed by atoms with van der Waals surface area (Å²) in [6, 6.07) is 5.54. The Morgan fingerprint density at radius 3 is 2.94 bits per heavy atom. The van der Waals surface area contributed by atoms with Gasteiger partial charge in [0.05, 0.1) is 0 Å². The van der Waals surface area contributed by atoms with Crippen LogP contribution in [0.2, 0.25) is 0 Å². The lowest BCUT2D eigenvalue weighted by molar-refractivity contribution is 0.0941. The van der Waals surface area contributed by atoms with Gasteiger partial charge >= 0.3 is 0 Å². The molecule has 0 aliphatic carbocycles. The number of aromatic amines is 1. The van der Waals surface area contributed by atoms with Crippen molar-refractivity contribution in [1.82, 2.24) is 10.3 Å². The van der Waals surface area contributed by atoms with Crippen molar-refractivity contribution >= 4 is 22.6 Å². The minimum atomic E-state index is -0.0631. The number of aromatic nitrogens is 1. The number of hydrogen-bond donors (Lipinski definition) is 2. The van der Waals surface area contributed by atoms with Crippen molar-refractivity contribution in [2.75, 3.05) is 6.54 Å². The van der Waals surface area contributed by atoms with Gasteiger partial charge in [-0.05, 0) is 25.0 Å². The lowest BCUT2D eigenvalue weighted by Crippen LogP contribution is -2.31. The molecular weight excluding hydrogens is 216 g/mol. The van der Waals surface area contributed by atoms with Crippen molar-refractivity contribution in [3.05, 3.63) is 35.0 Å². The Morgan fingerprint density at radius 2 is 2.18 bits per heavy atom. The normalized spacial score (nSPS) is 14.5. The molecule has 0 radical (unpaired) electrons. The lowest BCUT2D eigenvalue weighted by atomic mass is 10.0. The van der Waals surface area contributed by atoms with E-state index in [1.54, 1.807) is 0 Å². The van der Waals surface area contributed by atoms with Gasteiger partial charge in [0.2, 0.25) is 0 Å². The van der Waals surface area contributed by atoms with E-state index in [0.717, 1.165) is 22.9 Å². The number of hydrogen-bond acceptors (Lipinski definition) is 2. The molecule has 2 aromatic rings. The Balaban J connectivity index is 2.26. The van der Waals surface area contributed by atoms with Crippen LogP contribution in [0.4, 0.5) is 0 Å². The number of Topliss-reactive ketones (excluding diaryl/α,β-unsaturated/α-hetero) is 1. The maximum Gasteiger partial charge on any atom is 0.268 e. The number of carbonyl (C=O) groups excluding carboxylic acids is 2. The highest BCUT2D eigenvalue weighted by Gasteiger charge is 2.21. The van der Waals surface area contributed by atoms with Crippen molar-refractivity contribution in [2.45, 2.75) is 13.3 Å². The van der Waals surface area contributed by atoms with Crippen LogP contribution in [-0.4, -0.2) is 23.2 Å². The molecule has 1 aliphatic rings. The van der Waals surface area contributed by atoms with E-state index in [0.29, 0.717) is 17.8 Å². The third kappa shape index (κ3) is 1.45. The van der Waals surface area contributed by atoms with Crippen molar-refractivity contribution in [3.63, 3.8) is 0 Å². The van der Waals surface area contributed by atoms with Crippen LogP contribution >= 0.6 is 0 Å². The minimum absolute atomic E-state index is 0.0314. The molecule has 1 amide bonds. The predicted molar refractivity (Wildman–Crippen MR) is 64.3 cm³/mol. The molecule has 1 aliphatic heterocycles. The summed E-state index contributed by atoms with van der Waals surface area (Å²) in [5.74, 6) is -0.0317. The number of ketones is 1. The van der Waals surface area contributed by atoms with Gasteiger partial charge in [-0.15, -0.1) is 0 Å². The van der Waals surface area contributed by atoms with E-state index in [2.05, 4.69) is 10.3 Å². The molecule has 0 saturated carbocycles. The number of carbonyl (C=O) groups is 2. The van der Waals surface area contributed by atoms with Gasteiger partial charge in [-0.1, -0.05) is 12.1 Å². The minimum Gasteiger partial charge on any atom is -0.350 e. The van der Waals surface area contributed by atoms with Gasteiger partial charge < -0.3 is 10.3 Å². The van der Waals surface area contributed by atoms with Crippen LogP contribution in [0.15, 0.2) is 18.2 Å². The number of fused-ring (bicyclic) bond motifs is 3. The van der Waals surface area contributed by atoms with E-state index in [1.807, 2.05) is 18.2 Å². The van der Waals surface area contributed by atoms with Crippen molar-refractivity contribution in [1.29, 1.82) is 0 Å². The van der Waals surface area contributed by atoms with E-state index in [4.69, 9.17) is 0 Å². The first kappa shape index (κ1) is 10.1. The van der Waals surface area contributed by atoms with Crippen LogP contribution in [-0.2, 0) is 6.42 Å². The Bertz CT molecular complexity index is 640. The first-order valence-corrected chi connectivity index (χ1v) is 5.60. The lowest BCUT2D eigenvalue weighted by Gasteiger charge is -2.11. The monoisotopic (exact) mass is 228 g/mol. The molecule has 0 unspecified atom stereocenters. The van der Waals surface area contributed by atoms with Gasteiger partial charge in [0.15, 0.2) is 5.78 Å². The Morgan fingerprint density at radius 1 is 1.35 bits per heavy atom. The molecule has 1 aromatic carbocycles. The average Bonchev–Trinajstić information content (AvgIpc) is 2.68. The average molecular weight is 228 g/mol. The summed E-state index contributed by atoms with van der Waals surface area (Å²) in [6.45, 7) is 2.21. The van der Waals surface area contributed by atoms with Gasteiger partial charge in [0.25, 0.3) is 5.91 Å². The van der Waals surface area contributed by atoms with Gasteiger partial charge in [0, 0.05) is 23.0 Å². The van der Waals surface area contributed by atoms with Gasteiger partial charge in [-0.2, -0.15) is 0 Å². The molecule has 2 N–H and O–H groups in total.